The summed E-state index contributed by atoms with van der Waals surface area (Å²) in [6.07, 6.45) is 3.69. The Kier molecular flexibility index (Phi) is 6.75. The van der Waals surface area contributed by atoms with E-state index in [0.29, 0.717) is 18.2 Å². The molecule has 0 aliphatic heterocycles. The van der Waals surface area contributed by atoms with Gasteiger partial charge in [0.1, 0.15) is 5.69 Å². The van der Waals surface area contributed by atoms with Gasteiger partial charge in [0.25, 0.3) is 5.91 Å². The predicted octanol–water partition coefficient (Wildman–Crippen LogP) is 1.95. The van der Waals surface area contributed by atoms with Gasteiger partial charge in [-0.05, 0) is 31.4 Å². The molecule has 108 valence electrons. The Morgan fingerprint density at radius 3 is 2.75 bits per heavy atom. The van der Waals surface area contributed by atoms with E-state index in [1.54, 1.807) is 18.3 Å². The van der Waals surface area contributed by atoms with Crippen LogP contribution in [-0.4, -0.2) is 23.5 Å². The van der Waals surface area contributed by atoms with Crippen molar-refractivity contribution in [2.45, 2.75) is 39.7 Å². The Morgan fingerprint density at radius 2 is 2.20 bits per heavy atom. The van der Waals surface area contributed by atoms with E-state index in [2.05, 4.69) is 36.0 Å². The quantitative estimate of drug-likeness (QED) is 0.806. The molecule has 2 unspecified atom stereocenters. The molecule has 0 fully saturated rings. The highest BCUT2D eigenvalue weighted by molar-refractivity contribution is 5.92. The third-order valence-corrected chi connectivity index (χ3v) is 3.16. The lowest BCUT2D eigenvalue weighted by molar-refractivity contribution is 0.0930. The first-order valence-corrected chi connectivity index (χ1v) is 7.02. The van der Waals surface area contributed by atoms with Crippen LogP contribution in [0.5, 0.6) is 0 Å². The normalized spacial score (nSPS) is 13.0. The first-order valence-electron chi connectivity index (χ1n) is 7.02. The largest absolute Gasteiger partial charge is 0.348 e. The minimum absolute atomic E-state index is 0.140. The summed E-state index contributed by atoms with van der Waals surface area (Å²) >= 11 is 0. The van der Waals surface area contributed by atoms with Crippen molar-refractivity contribution in [1.29, 1.82) is 0 Å². The number of rotatable bonds is 5. The highest BCUT2D eigenvalue weighted by atomic mass is 16.1. The average Bonchev–Trinajstić information content (AvgIpc) is 2.45. The van der Waals surface area contributed by atoms with Crippen molar-refractivity contribution in [3.63, 3.8) is 0 Å². The number of nitrogens with two attached hydrogens (primary N) is 1. The molecule has 0 aromatic carbocycles. The third-order valence-electron chi connectivity index (χ3n) is 3.16. The van der Waals surface area contributed by atoms with Crippen LogP contribution in [-0.2, 0) is 0 Å². The number of hydrogen-bond acceptors (Lipinski definition) is 3. The van der Waals surface area contributed by atoms with Crippen molar-refractivity contribution in [1.82, 2.24) is 10.3 Å². The summed E-state index contributed by atoms with van der Waals surface area (Å²) in [5.74, 6) is 6.09. The number of pyridine rings is 1. The van der Waals surface area contributed by atoms with Crippen molar-refractivity contribution in [2.75, 3.05) is 6.54 Å². The molecular formula is C16H23N3O. The second-order valence-electron chi connectivity index (χ2n) is 5.06. The lowest BCUT2D eigenvalue weighted by Crippen LogP contribution is -2.34. The minimum atomic E-state index is -0.140. The standard InChI is InChI=1S/C16H23N3O/c1-4-12(2)10-13(3)19-16(20)15-8-7-14(11-18-15)6-5-9-17/h7-8,11-13H,4,9-10,17H2,1-3H3,(H,19,20). The number of carbonyl (C=O) groups excluding carboxylic acids is 1. The SMILES string of the molecule is CCC(C)CC(C)NC(=O)c1ccc(C#CCN)cn1. The number of amides is 1. The molecule has 2 atom stereocenters. The maximum Gasteiger partial charge on any atom is 0.270 e. The van der Waals surface area contributed by atoms with Crippen molar-refractivity contribution in [3.05, 3.63) is 29.6 Å². The maximum absolute atomic E-state index is 12.0. The molecule has 1 amide bonds. The Morgan fingerprint density at radius 1 is 1.45 bits per heavy atom. The van der Waals surface area contributed by atoms with Crippen LogP contribution in [0, 0.1) is 17.8 Å². The molecule has 1 heterocycles. The first kappa shape index (κ1) is 16.2. The van der Waals surface area contributed by atoms with Gasteiger partial charge in [-0.25, -0.2) is 4.98 Å². The Hall–Kier alpha value is -1.86. The number of nitrogens with zero attached hydrogens (tertiary/aromatic N) is 1. The third kappa shape index (κ3) is 5.41. The number of hydrogen-bond donors (Lipinski definition) is 2. The second kappa shape index (κ2) is 8.34. The summed E-state index contributed by atoms with van der Waals surface area (Å²) in [5.41, 5.74) is 6.48. The highest BCUT2D eigenvalue weighted by Gasteiger charge is 2.12. The zero-order valence-corrected chi connectivity index (χ0v) is 12.4. The van der Waals surface area contributed by atoms with E-state index < -0.39 is 0 Å². The maximum atomic E-state index is 12.0. The summed E-state index contributed by atoms with van der Waals surface area (Å²) in [7, 11) is 0. The van der Waals surface area contributed by atoms with Crippen molar-refractivity contribution < 1.29 is 4.79 Å². The van der Waals surface area contributed by atoms with Crippen LogP contribution in [0.2, 0.25) is 0 Å². The van der Waals surface area contributed by atoms with Crippen LogP contribution >= 0.6 is 0 Å². The topological polar surface area (TPSA) is 68.0 Å². The van der Waals surface area contributed by atoms with Gasteiger partial charge in [0.2, 0.25) is 0 Å². The van der Waals surface area contributed by atoms with Crippen molar-refractivity contribution >= 4 is 5.91 Å². The molecule has 1 aromatic heterocycles. The van der Waals surface area contributed by atoms with E-state index in [1.165, 1.54) is 0 Å². The van der Waals surface area contributed by atoms with Crippen LogP contribution in [0.4, 0.5) is 0 Å². The number of carbonyl (C=O) groups is 1. The van der Waals surface area contributed by atoms with E-state index in [1.807, 2.05) is 6.92 Å². The van der Waals surface area contributed by atoms with Crippen LogP contribution in [0.3, 0.4) is 0 Å². The molecule has 1 aromatic rings. The average molecular weight is 273 g/mol. The van der Waals surface area contributed by atoms with E-state index in [-0.39, 0.29) is 11.9 Å². The Bertz CT molecular complexity index is 485. The van der Waals surface area contributed by atoms with E-state index in [9.17, 15) is 4.79 Å². The van der Waals surface area contributed by atoms with Crippen LogP contribution in [0.1, 0.15) is 49.7 Å². The van der Waals surface area contributed by atoms with Gasteiger partial charge in [0, 0.05) is 17.8 Å². The second-order valence-corrected chi connectivity index (χ2v) is 5.06. The lowest BCUT2D eigenvalue weighted by Gasteiger charge is -2.17. The Balaban J connectivity index is 2.59. The van der Waals surface area contributed by atoms with Gasteiger partial charge >= 0.3 is 0 Å². The molecule has 4 heteroatoms. The molecule has 0 saturated carbocycles. The van der Waals surface area contributed by atoms with Crippen molar-refractivity contribution in [3.8, 4) is 11.8 Å². The summed E-state index contributed by atoms with van der Waals surface area (Å²) in [4.78, 5) is 16.1. The summed E-state index contributed by atoms with van der Waals surface area (Å²) in [6.45, 7) is 6.67. The van der Waals surface area contributed by atoms with Gasteiger partial charge in [-0.15, -0.1) is 0 Å². The molecule has 20 heavy (non-hydrogen) atoms. The fourth-order valence-corrected chi connectivity index (χ4v) is 1.88. The summed E-state index contributed by atoms with van der Waals surface area (Å²) < 4.78 is 0. The van der Waals surface area contributed by atoms with Crippen LogP contribution < -0.4 is 11.1 Å². The van der Waals surface area contributed by atoms with Gasteiger partial charge < -0.3 is 11.1 Å². The fourth-order valence-electron chi connectivity index (χ4n) is 1.88. The monoisotopic (exact) mass is 273 g/mol. The molecule has 1 rings (SSSR count). The van der Waals surface area contributed by atoms with E-state index in [4.69, 9.17) is 5.73 Å². The highest BCUT2D eigenvalue weighted by Crippen LogP contribution is 2.10. The Labute approximate surface area is 121 Å². The summed E-state index contributed by atoms with van der Waals surface area (Å²) in [6, 6.07) is 3.62. The van der Waals surface area contributed by atoms with E-state index in [0.717, 1.165) is 18.4 Å². The molecule has 0 radical (unpaired) electrons. The molecule has 0 aliphatic carbocycles. The van der Waals surface area contributed by atoms with Gasteiger partial charge in [0.05, 0.1) is 6.54 Å². The van der Waals surface area contributed by atoms with Gasteiger partial charge in [-0.1, -0.05) is 32.1 Å². The van der Waals surface area contributed by atoms with Crippen LogP contribution in [0.15, 0.2) is 18.3 Å². The first-order chi connectivity index (χ1) is 9.56. The lowest BCUT2D eigenvalue weighted by atomic mass is 10.0. The van der Waals surface area contributed by atoms with Crippen LogP contribution in [0.25, 0.3) is 0 Å². The predicted molar refractivity (Wildman–Crippen MR) is 81.2 cm³/mol. The molecule has 0 saturated heterocycles. The summed E-state index contributed by atoms with van der Waals surface area (Å²) in [5, 5.41) is 2.97. The number of nitrogens with one attached hydrogen (secondary N) is 1. The molecular weight excluding hydrogens is 250 g/mol. The smallest absolute Gasteiger partial charge is 0.270 e. The molecule has 0 spiro atoms. The minimum Gasteiger partial charge on any atom is -0.348 e. The molecule has 0 aliphatic rings. The van der Waals surface area contributed by atoms with Gasteiger partial charge in [0.15, 0.2) is 0 Å². The van der Waals surface area contributed by atoms with E-state index >= 15 is 0 Å². The number of aromatic nitrogens is 1. The molecule has 0 bridgehead atoms. The van der Waals surface area contributed by atoms with Gasteiger partial charge in [-0.3, -0.25) is 4.79 Å². The zero-order valence-electron chi connectivity index (χ0n) is 12.4. The molecule has 3 N–H and O–H groups in total. The fraction of sp³-hybridized carbons (Fsp3) is 0.500. The zero-order chi connectivity index (χ0) is 15.0. The van der Waals surface area contributed by atoms with Crippen molar-refractivity contribution in [2.24, 2.45) is 11.7 Å². The van der Waals surface area contributed by atoms with Gasteiger partial charge in [-0.2, -0.15) is 0 Å². The molecule has 4 nitrogen and oxygen atoms in total.